The zero-order valence-electron chi connectivity index (χ0n) is 11.4. The number of aromatic amines is 1. The van der Waals surface area contributed by atoms with Crippen LogP contribution in [0.4, 0.5) is 8.78 Å². The molecule has 0 saturated heterocycles. The number of nitrogens with zero attached hydrogens (tertiary/aromatic N) is 2. The molecule has 3 N–H and O–H groups in total. The third-order valence-electron chi connectivity index (χ3n) is 3.26. The van der Waals surface area contributed by atoms with E-state index in [0.717, 1.165) is 16.8 Å². The van der Waals surface area contributed by atoms with E-state index in [9.17, 15) is 23.5 Å². The minimum atomic E-state index is -1.42. The minimum Gasteiger partial charge on any atom is -0.507 e. The van der Waals surface area contributed by atoms with E-state index >= 15 is 0 Å². The topological polar surface area (TPSA) is 108 Å². The van der Waals surface area contributed by atoms with Crippen molar-refractivity contribution < 1.29 is 23.8 Å². The summed E-state index contributed by atoms with van der Waals surface area (Å²) in [5.74, 6) is -3.57. The van der Waals surface area contributed by atoms with Gasteiger partial charge in [-0.05, 0) is 6.07 Å². The fourth-order valence-electron chi connectivity index (χ4n) is 2.26. The summed E-state index contributed by atoms with van der Waals surface area (Å²) in [7, 11) is 0. The SMILES string of the molecule is O=C(O)c1nn(Cc2ccc(F)cc2F)c2[nH]c(=O)cc(O)c12. The van der Waals surface area contributed by atoms with Gasteiger partial charge in [-0.3, -0.25) is 4.79 Å². The summed E-state index contributed by atoms with van der Waals surface area (Å²) < 4.78 is 27.7. The largest absolute Gasteiger partial charge is 0.507 e. The summed E-state index contributed by atoms with van der Waals surface area (Å²) in [6, 6.07) is 3.72. The van der Waals surface area contributed by atoms with E-state index in [1.807, 2.05) is 0 Å². The Kier molecular flexibility index (Phi) is 3.32. The quantitative estimate of drug-likeness (QED) is 0.677. The van der Waals surface area contributed by atoms with Crippen molar-refractivity contribution in [1.82, 2.24) is 14.8 Å². The fourth-order valence-corrected chi connectivity index (χ4v) is 2.26. The first kappa shape index (κ1) is 14.7. The standard InChI is InChI=1S/C14H9F2N3O4/c15-7-2-1-6(8(16)3-7)5-19-13-11(12(18-19)14(22)23)9(20)4-10(21)17-13/h1-4H,5H2,(H,22,23)(H2,17,20,21). The van der Waals surface area contributed by atoms with E-state index in [4.69, 9.17) is 5.11 Å². The van der Waals surface area contributed by atoms with Crippen LogP contribution in [0.2, 0.25) is 0 Å². The van der Waals surface area contributed by atoms with E-state index in [-0.39, 0.29) is 23.1 Å². The van der Waals surface area contributed by atoms with Crippen molar-refractivity contribution in [1.29, 1.82) is 0 Å². The van der Waals surface area contributed by atoms with Gasteiger partial charge in [0.2, 0.25) is 0 Å². The Morgan fingerprint density at radius 1 is 1.30 bits per heavy atom. The van der Waals surface area contributed by atoms with Crippen LogP contribution in [0.25, 0.3) is 11.0 Å². The average molecular weight is 321 g/mol. The van der Waals surface area contributed by atoms with Gasteiger partial charge in [-0.15, -0.1) is 0 Å². The normalized spacial score (nSPS) is 11.0. The number of H-pyrrole nitrogens is 1. The summed E-state index contributed by atoms with van der Waals surface area (Å²) in [5.41, 5.74) is -1.20. The maximum Gasteiger partial charge on any atom is 0.357 e. The molecule has 0 bridgehead atoms. The third-order valence-corrected chi connectivity index (χ3v) is 3.26. The molecule has 3 rings (SSSR count). The molecular formula is C14H9F2N3O4. The van der Waals surface area contributed by atoms with Crippen LogP contribution in [-0.4, -0.2) is 30.9 Å². The van der Waals surface area contributed by atoms with Crippen LogP contribution in [0.3, 0.4) is 0 Å². The first-order valence-corrected chi connectivity index (χ1v) is 6.37. The molecule has 118 valence electrons. The van der Waals surface area contributed by atoms with Crippen molar-refractivity contribution >= 4 is 17.0 Å². The summed E-state index contributed by atoms with van der Waals surface area (Å²) >= 11 is 0. The predicted molar refractivity (Wildman–Crippen MR) is 74.4 cm³/mol. The van der Waals surface area contributed by atoms with Crippen LogP contribution in [0.1, 0.15) is 16.1 Å². The summed E-state index contributed by atoms with van der Waals surface area (Å²) in [5, 5.41) is 22.5. The van der Waals surface area contributed by atoms with E-state index in [1.165, 1.54) is 6.07 Å². The fraction of sp³-hybridized carbons (Fsp3) is 0.0714. The lowest BCUT2D eigenvalue weighted by Gasteiger charge is -2.05. The second kappa shape index (κ2) is 5.20. The zero-order valence-corrected chi connectivity index (χ0v) is 11.4. The second-order valence-electron chi connectivity index (χ2n) is 4.79. The highest BCUT2D eigenvalue weighted by atomic mass is 19.1. The van der Waals surface area contributed by atoms with Gasteiger partial charge in [0.25, 0.3) is 5.56 Å². The number of aromatic nitrogens is 3. The van der Waals surface area contributed by atoms with Crippen molar-refractivity contribution in [3.8, 4) is 5.75 Å². The Balaban J connectivity index is 2.21. The maximum atomic E-state index is 13.7. The van der Waals surface area contributed by atoms with Crippen molar-refractivity contribution in [2.75, 3.05) is 0 Å². The van der Waals surface area contributed by atoms with Gasteiger partial charge < -0.3 is 15.2 Å². The first-order chi connectivity index (χ1) is 10.9. The zero-order chi connectivity index (χ0) is 16.7. The number of carboxylic acids is 1. The Bertz CT molecular complexity index is 994. The van der Waals surface area contributed by atoms with Crippen molar-refractivity contribution in [3.63, 3.8) is 0 Å². The summed E-state index contributed by atoms with van der Waals surface area (Å²) in [4.78, 5) is 25.0. The van der Waals surface area contributed by atoms with Crippen LogP contribution < -0.4 is 5.56 Å². The third kappa shape index (κ3) is 2.52. The molecule has 0 aliphatic heterocycles. The highest BCUT2D eigenvalue weighted by Crippen LogP contribution is 2.25. The number of aromatic hydroxyl groups is 1. The van der Waals surface area contributed by atoms with E-state index in [1.54, 1.807) is 0 Å². The Labute approximate surface area is 126 Å². The highest BCUT2D eigenvalue weighted by molar-refractivity contribution is 6.02. The number of hydrogen-bond donors (Lipinski definition) is 3. The smallest absolute Gasteiger partial charge is 0.357 e. The Morgan fingerprint density at radius 2 is 2.04 bits per heavy atom. The molecule has 0 amide bonds. The highest BCUT2D eigenvalue weighted by Gasteiger charge is 2.21. The van der Waals surface area contributed by atoms with Gasteiger partial charge >= 0.3 is 5.97 Å². The molecule has 0 aliphatic rings. The number of rotatable bonds is 3. The van der Waals surface area contributed by atoms with Gasteiger partial charge in [0.1, 0.15) is 23.0 Å². The molecule has 9 heteroatoms. The Hall–Kier alpha value is -3.23. The predicted octanol–water partition coefficient (Wildman–Crippen LogP) is 1.45. The van der Waals surface area contributed by atoms with Gasteiger partial charge in [0.05, 0.1) is 11.9 Å². The van der Waals surface area contributed by atoms with Crippen LogP contribution in [0.5, 0.6) is 5.75 Å². The lowest BCUT2D eigenvalue weighted by atomic mass is 10.2. The molecule has 23 heavy (non-hydrogen) atoms. The number of nitrogens with one attached hydrogen (secondary N) is 1. The van der Waals surface area contributed by atoms with Crippen molar-refractivity contribution in [2.45, 2.75) is 6.54 Å². The van der Waals surface area contributed by atoms with Crippen LogP contribution >= 0.6 is 0 Å². The van der Waals surface area contributed by atoms with Gasteiger partial charge in [-0.2, -0.15) is 5.10 Å². The molecule has 1 aromatic carbocycles. The Morgan fingerprint density at radius 3 is 2.70 bits per heavy atom. The molecule has 0 fully saturated rings. The maximum absolute atomic E-state index is 13.7. The molecule has 0 aliphatic carbocycles. The molecule has 2 aromatic heterocycles. The molecular weight excluding hydrogens is 312 g/mol. The van der Waals surface area contributed by atoms with Gasteiger partial charge in [0, 0.05) is 17.7 Å². The van der Waals surface area contributed by atoms with Crippen LogP contribution in [0, 0.1) is 11.6 Å². The summed E-state index contributed by atoms with van der Waals surface area (Å²) in [6.45, 7) is -0.255. The number of halogens is 2. The molecule has 0 radical (unpaired) electrons. The van der Waals surface area contributed by atoms with E-state index < -0.39 is 34.6 Å². The molecule has 7 nitrogen and oxygen atoms in total. The summed E-state index contributed by atoms with van der Waals surface area (Å²) in [6.07, 6.45) is 0. The van der Waals surface area contributed by atoms with Gasteiger partial charge in [-0.25, -0.2) is 18.3 Å². The van der Waals surface area contributed by atoms with Crippen LogP contribution in [0.15, 0.2) is 29.1 Å². The monoisotopic (exact) mass is 321 g/mol. The molecule has 3 aromatic rings. The average Bonchev–Trinajstić information content (AvgIpc) is 2.81. The number of aromatic carboxylic acids is 1. The first-order valence-electron chi connectivity index (χ1n) is 6.37. The lowest BCUT2D eigenvalue weighted by molar-refractivity contribution is 0.0691. The van der Waals surface area contributed by atoms with E-state index in [2.05, 4.69) is 10.1 Å². The molecule has 0 spiro atoms. The molecule has 0 saturated carbocycles. The second-order valence-corrected chi connectivity index (χ2v) is 4.79. The minimum absolute atomic E-state index is 0.0388. The van der Waals surface area contributed by atoms with E-state index in [0.29, 0.717) is 6.07 Å². The molecule has 2 heterocycles. The number of benzene rings is 1. The van der Waals surface area contributed by atoms with Crippen LogP contribution in [-0.2, 0) is 6.54 Å². The number of fused-ring (bicyclic) bond motifs is 1. The molecule has 0 atom stereocenters. The van der Waals surface area contributed by atoms with Crippen molar-refractivity contribution in [3.05, 3.63) is 57.5 Å². The molecule has 0 unspecified atom stereocenters. The number of pyridine rings is 1. The number of carbonyl (C=O) groups is 1. The van der Waals surface area contributed by atoms with Gasteiger partial charge in [-0.1, -0.05) is 6.07 Å². The lowest BCUT2D eigenvalue weighted by Crippen LogP contribution is -2.09. The number of hydrogen-bond acceptors (Lipinski definition) is 4. The number of carboxylic acid groups (broad SMARTS) is 1. The van der Waals surface area contributed by atoms with Crippen molar-refractivity contribution in [2.24, 2.45) is 0 Å². The van der Waals surface area contributed by atoms with Gasteiger partial charge in [0.15, 0.2) is 5.69 Å².